The average molecular weight is 454 g/mol. The maximum absolute atomic E-state index is 12.4. The third-order valence-corrected chi connectivity index (χ3v) is 5.84. The van der Waals surface area contributed by atoms with Crippen molar-refractivity contribution in [3.05, 3.63) is 59.4 Å². The summed E-state index contributed by atoms with van der Waals surface area (Å²) in [4.78, 5) is 24.7. The van der Waals surface area contributed by atoms with Crippen LogP contribution in [0.5, 0.6) is 5.75 Å². The standard InChI is InChI=1S/C23H27N5O3S/c1-5-31-19-10-8-17(9-11-19)24-22(30)14-32-23-27-26-20(28(23)4)13-21(29)25-18-7-6-15(2)16(3)12-18/h6-12H,5,13-14H2,1-4H3,(H,24,30)(H,25,29). The molecule has 8 nitrogen and oxygen atoms in total. The molecule has 0 aliphatic rings. The van der Waals surface area contributed by atoms with Crippen LogP contribution in [0.2, 0.25) is 0 Å². The fourth-order valence-corrected chi connectivity index (χ4v) is 3.65. The number of aryl methyl sites for hydroxylation is 2. The van der Waals surface area contributed by atoms with Crippen molar-refractivity contribution in [2.45, 2.75) is 32.3 Å². The fraction of sp³-hybridized carbons (Fsp3) is 0.304. The van der Waals surface area contributed by atoms with E-state index in [9.17, 15) is 9.59 Å². The van der Waals surface area contributed by atoms with Crippen molar-refractivity contribution >= 4 is 35.0 Å². The zero-order chi connectivity index (χ0) is 23.1. The molecule has 32 heavy (non-hydrogen) atoms. The van der Waals surface area contributed by atoms with Crippen LogP contribution in [-0.4, -0.2) is 38.9 Å². The van der Waals surface area contributed by atoms with Crippen LogP contribution >= 0.6 is 11.8 Å². The Hall–Kier alpha value is -3.33. The van der Waals surface area contributed by atoms with Crippen molar-refractivity contribution < 1.29 is 14.3 Å². The van der Waals surface area contributed by atoms with Gasteiger partial charge in [-0.15, -0.1) is 10.2 Å². The predicted molar refractivity (Wildman–Crippen MR) is 126 cm³/mol. The Morgan fingerprint density at radius 1 is 0.969 bits per heavy atom. The number of aromatic nitrogens is 3. The van der Waals surface area contributed by atoms with Crippen molar-refractivity contribution in [1.29, 1.82) is 0 Å². The van der Waals surface area contributed by atoms with Crippen molar-refractivity contribution in [3.8, 4) is 5.75 Å². The molecule has 0 saturated heterocycles. The predicted octanol–water partition coefficient (Wildman–Crippen LogP) is 3.74. The Kier molecular flexibility index (Phi) is 7.88. The summed E-state index contributed by atoms with van der Waals surface area (Å²) in [5, 5.41) is 14.5. The highest BCUT2D eigenvalue weighted by atomic mass is 32.2. The molecule has 1 aromatic heterocycles. The lowest BCUT2D eigenvalue weighted by molar-refractivity contribution is -0.116. The van der Waals surface area contributed by atoms with Gasteiger partial charge >= 0.3 is 0 Å². The number of amides is 2. The minimum absolute atomic E-state index is 0.0926. The summed E-state index contributed by atoms with van der Waals surface area (Å²) in [5.41, 5.74) is 3.73. The summed E-state index contributed by atoms with van der Waals surface area (Å²) in [5.74, 6) is 1.13. The fourth-order valence-electron chi connectivity index (χ4n) is 2.92. The molecular weight excluding hydrogens is 426 g/mol. The number of carbonyl (C=O) groups is 2. The van der Waals surface area contributed by atoms with E-state index in [2.05, 4.69) is 20.8 Å². The minimum Gasteiger partial charge on any atom is -0.494 e. The molecule has 0 spiro atoms. The van der Waals surface area contributed by atoms with E-state index in [1.54, 1.807) is 23.7 Å². The van der Waals surface area contributed by atoms with E-state index in [0.29, 0.717) is 23.3 Å². The molecule has 3 rings (SSSR count). The van der Waals surface area contributed by atoms with Crippen LogP contribution < -0.4 is 15.4 Å². The number of thioether (sulfide) groups is 1. The van der Waals surface area contributed by atoms with E-state index in [1.165, 1.54) is 17.3 Å². The lowest BCUT2D eigenvalue weighted by atomic mass is 10.1. The number of rotatable bonds is 9. The molecule has 0 unspecified atom stereocenters. The van der Waals surface area contributed by atoms with E-state index >= 15 is 0 Å². The van der Waals surface area contributed by atoms with Gasteiger partial charge in [0.15, 0.2) is 5.16 Å². The molecule has 2 amide bonds. The van der Waals surface area contributed by atoms with Gasteiger partial charge in [-0.05, 0) is 68.3 Å². The molecule has 2 aromatic carbocycles. The quantitative estimate of drug-likeness (QED) is 0.479. The van der Waals surface area contributed by atoms with Gasteiger partial charge in [0.25, 0.3) is 0 Å². The Balaban J connectivity index is 1.51. The zero-order valence-electron chi connectivity index (χ0n) is 18.6. The molecule has 0 fully saturated rings. The number of benzene rings is 2. The van der Waals surface area contributed by atoms with E-state index in [-0.39, 0.29) is 24.0 Å². The normalized spacial score (nSPS) is 10.6. The van der Waals surface area contributed by atoms with Crippen LogP contribution in [0.15, 0.2) is 47.6 Å². The summed E-state index contributed by atoms with van der Waals surface area (Å²) in [6, 6.07) is 13.0. The minimum atomic E-state index is -0.173. The molecule has 168 valence electrons. The second-order valence-electron chi connectivity index (χ2n) is 7.28. The van der Waals surface area contributed by atoms with Gasteiger partial charge in [0.2, 0.25) is 11.8 Å². The van der Waals surface area contributed by atoms with Crippen molar-refractivity contribution in [2.24, 2.45) is 7.05 Å². The highest BCUT2D eigenvalue weighted by molar-refractivity contribution is 7.99. The third-order valence-electron chi connectivity index (χ3n) is 4.82. The summed E-state index contributed by atoms with van der Waals surface area (Å²) in [6.07, 6.45) is 0.0926. The summed E-state index contributed by atoms with van der Waals surface area (Å²) >= 11 is 1.26. The van der Waals surface area contributed by atoms with Gasteiger partial charge in [-0.1, -0.05) is 17.8 Å². The highest BCUT2D eigenvalue weighted by Gasteiger charge is 2.15. The van der Waals surface area contributed by atoms with E-state index in [4.69, 9.17) is 4.74 Å². The van der Waals surface area contributed by atoms with Gasteiger partial charge in [-0.3, -0.25) is 9.59 Å². The first-order valence-corrected chi connectivity index (χ1v) is 11.2. The molecule has 9 heteroatoms. The summed E-state index contributed by atoms with van der Waals surface area (Å²) < 4.78 is 7.12. The Morgan fingerprint density at radius 3 is 2.34 bits per heavy atom. The number of carbonyl (C=O) groups excluding carboxylic acids is 2. The molecule has 0 aliphatic heterocycles. The van der Waals surface area contributed by atoms with E-state index < -0.39 is 0 Å². The molecule has 3 aromatic rings. The lowest BCUT2D eigenvalue weighted by Gasteiger charge is -2.08. The number of nitrogens with zero attached hydrogens (tertiary/aromatic N) is 3. The number of nitrogens with one attached hydrogen (secondary N) is 2. The number of hydrogen-bond donors (Lipinski definition) is 2. The van der Waals surface area contributed by atoms with Crippen LogP contribution in [0.25, 0.3) is 0 Å². The first-order chi connectivity index (χ1) is 15.4. The van der Waals surface area contributed by atoms with Gasteiger partial charge in [-0.2, -0.15) is 0 Å². The first-order valence-electron chi connectivity index (χ1n) is 10.3. The first kappa shape index (κ1) is 23.3. The number of ether oxygens (including phenoxy) is 1. The third kappa shape index (κ3) is 6.34. The van der Waals surface area contributed by atoms with Crippen LogP contribution in [0, 0.1) is 13.8 Å². The van der Waals surface area contributed by atoms with Crippen LogP contribution in [0.4, 0.5) is 11.4 Å². The number of hydrogen-bond acceptors (Lipinski definition) is 6. The van der Waals surface area contributed by atoms with Gasteiger partial charge in [0.05, 0.1) is 18.8 Å². The topological polar surface area (TPSA) is 98.1 Å². The van der Waals surface area contributed by atoms with Gasteiger partial charge in [-0.25, -0.2) is 0 Å². The van der Waals surface area contributed by atoms with Crippen molar-refractivity contribution in [2.75, 3.05) is 23.0 Å². The molecule has 0 atom stereocenters. The Morgan fingerprint density at radius 2 is 1.66 bits per heavy atom. The summed E-state index contributed by atoms with van der Waals surface area (Å²) in [6.45, 7) is 6.54. The average Bonchev–Trinajstić information content (AvgIpc) is 3.10. The van der Waals surface area contributed by atoms with E-state index in [1.807, 2.05) is 51.1 Å². The number of anilines is 2. The maximum atomic E-state index is 12.4. The monoisotopic (exact) mass is 453 g/mol. The van der Waals surface area contributed by atoms with Gasteiger partial charge < -0.3 is 19.9 Å². The largest absolute Gasteiger partial charge is 0.494 e. The van der Waals surface area contributed by atoms with Crippen LogP contribution in [0.1, 0.15) is 23.9 Å². The van der Waals surface area contributed by atoms with Crippen LogP contribution in [0.3, 0.4) is 0 Å². The zero-order valence-corrected chi connectivity index (χ0v) is 19.5. The molecule has 1 heterocycles. The second-order valence-corrected chi connectivity index (χ2v) is 8.22. The molecular formula is C23H27N5O3S. The highest BCUT2D eigenvalue weighted by Crippen LogP contribution is 2.19. The maximum Gasteiger partial charge on any atom is 0.234 e. The molecule has 0 aliphatic carbocycles. The lowest BCUT2D eigenvalue weighted by Crippen LogP contribution is -2.17. The SMILES string of the molecule is CCOc1ccc(NC(=O)CSc2nnc(CC(=O)Nc3ccc(C)c(C)c3)n2C)cc1. The molecule has 0 radical (unpaired) electrons. The van der Waals surface area contributed by atoms with Gasteiger partial charge in [0, 0.05) is 18.4 Å². The Labute approximate surface area is 191 Å². The smallest absolute Gasteiger partial charge is 0.234 e. The Bertz CT molecular complexity index is 1100. The summed E-state index contributed by atoms with van der Waals surface area (Å²) in [7, 11) is 1.78. The van der Waals surface area contributed by atoms with Crippen LogP contribution in [-0.2, 0) is 23.1 Å². The second kappa shape index (κ2) is 10.8. The van der Waals surface area contributed by atoms with Crippen molar-refractivity contribution in [3.63, 3.8) is 0 Å². The van der Waals surface area contributed by atoms with E-state index in [0.717, 1.165) is 17.0 Å². The molecule has 0 saturated carbocycles. The molecule has 0 bridgehead atoms. The molecule has 2 N–H and O–H groups in total. The van der Waals surface area contributed by atoms with Gasteiger partial charge in [0.1, 0.15) is 11.6 Å². The van der Waals surface area contributed by atoms with Crippen molar-refractivity contribution in [1.82, 2.24) is 14.8 Å².